The molecule has 3 N–H and O–H groups in total. The maximum absolute atomic E-state index is 12.1. The third-order valence-electron chi connectivity index (χ3n) is 7.32. The minimum Gasteiger partial charge on any atom is -0.494 e. The summed E-state index contributed by atoms with van der Waals surface area (Å²) in [6, 6.07) is 19.9. The van der Waals surface area contributed by atoms with Gasteiger partial charge in [-0.05, 0) is 86.2 Å². The Kier molecular flexibility index (Phi) is 7.76. The smallest absolute Gasteiger partial charge is 0.335 e. The predicted octanol–water partition coefficient (Wildman–Crippen LogP) is 5.72. The highest BCUT2D eigenvalue weighted by Gasteiger charge is 2.42. The number of rotatable bonds is 8. The highest BCUT2D eigenvalue weighted by Crippen LogP contribution is 2.45. The average Bonchev–Trinajstić information content (AvgIpc) is 3.48. The van der Waals surface area contributed by atoms with E-state index in [1.807, 2.05) is 62.4 Å². The highest BCUT2D eigenvalue weighted by molar-refractivity contribution is 7.80. The summed E-state index contributed by atoms with van der Waals surface area (Å²) in [4.78, 5) is 30.2. The normalized spacial score (nSPS) is 16.4. The molecule has 0 spiro atoms. The van der Waals surface area contributed by atoms with E-state index in [-0.39, 0.29) is 23.6 Å². The van der Waals surface area contributed by atoms with Gasteiger partial charge in [0.1, 0.15) is 5.75 Å². The molecule has 3 heterocycles. The zero-order chi connectivity index (χ0) is 29.3. The number of nitrogens with one attached hydrogen (secondary N) is 2. The maximum Gasteiger partial charge on any atom is 0.335 e. The van der Waals surface area contributed by atoms with Gasteiger partial charge in [0.25, 0.3) is 0 Å². The molecule has 9 nitrogen and oxygen atoms in total. The highest BCUT2D eigenvalue weighted by atomic mass is 32.1. The number of thiocarbonyl (C=S) groups is 1. The van der Waals surface area contributed by atoms with E-state index >= 15 is 0 Å². The summed E-state index contributed by atoms with van der Waals surface area (Å²) < 4.78 is 7.76. The van der Waals surface area contributed by atoms with Crippen LogP contribution in [0.15, 0.2) is 72.9 Å². The van der Waals surface area contributed by atoms with Crippen LogP contribution in [0.2, 0.25) is 0 Å². The summed E-state index contributed by atoms with van der Waals surface area (Å²) in [5.41, 5.74) is 6.35. The first-order valence-electron chi connectivity index (χ1n) is 13.2. The van der Waals surface area contributed by atoms with Crippen molar-refractivity contribution in [3.63, 3.8) is 0 Å². The molecule has 10 heteroatoms. The Labute approximate surface area is 243 Å². The lowest BCUT2D eigenvalue weighted by Gasteiger charge is -2.29. The molecule has 2 atom stereocenters. The standard InChI is InChI=1S/C31H31N5O4S/c1-5-27(37)33-24-14-13-22(17-26(24)40-4)36-29(28(34-31(36)41)25-8-6-7-15-32-25)23-16-18(2)35(19(23)3)21-11-9-20(10-12-21)30(38)39/h6-17,28-29H,5H2,1-4H3,(H,33,37)(H,34,41)(H,38,39). The number of carbonyl (C=O) groups excluding carboxylic acids is 1. The molecule has 4 aromatic rings. The van der Waals surface area contributed by atoms with Crippen LogP contribution < -0.4 is 20.3 Å². The molecule has 2 aromatic heterocycles. The van der Waals surface area contributed by atoms with E-state index in [4.69, 9.17) is 17.0 Å². The Morgan fingerprint density at radius 3 is 2.44 bits per heavy atom. The van der Waals surface area contributed by atoms with E-state index in [9.17, 15) is 14.7 Å². The third kappa shape index (κ3) is 5.26. The van der Waals surface area contributed by atoms with Crippen LogP contribution in [-0.4, -0.2) is 38.8 Å². The molecular weight excluding hydrogens is 538 g/mol. The second-order valence-corrected chi connectivity index (χ2v) is 10.2. The number of carbonyl (C=O) groups is 2. The largest absolute Gasteiger partial charge is 0.494 e. The van der Waals surface area contributed by atoms with Crippen molar-refractivity contribution in [1.82, 2.24) is 14.9 Å². The molecule has 0 aliphatic carbocycles. The van der Waals surface area contributed by atoms with Gasteiger partial charge >= 0.3 is 5.97 Å². The second-order valence-electron chi connectivity index (χ2n) is 9.80. The van der Waals surface area contributed by atoms with Gasteiger partial charge in [-0.2, -0.15) is 0 Å². The zero-order valence-corrected chi connectivity index (χ0v) is 24.0. The van der Waals surface area contributed by atoms with Gasteiger partial charge in [0, 0.05) is 41.4 Å². The van der Waals surface area contributed by atoms with Crippen molar-refractivity contribution in [2.24, 2.45) is 0 Å². The van der Waals surface area contributed by atoms with E-state index in [1.165, 1.54) is 0 Å². The van der Waals surface area contributed by atoms with E-state index in [0.29, 0.717) is 23.0 Å². The monoisotopic (exact) mass is 569 g/mol. The molecule has 1 fully saturated rings. The summed E-state index contributed by atoms with van der Waals surface area (Å²) in [5, 5.41) is 16.3. The number of aromatic nitrogens is 2. The van der Waals surface area contributed by atoms with Crippen LogP contribution in [-0.2, 0) is 4.79 Å². The summed E-state index contributed by atoms with van der Waals surface area (Å²) in [5.74, 6) is -0.546. The van der Waals surface area contributed by atoms with Crippen molar-refractivity contribution in [3.05, 3.63) is 101 Å². The fourth-order valence-electron chi connectivity index (χ4n) is 5.36. The lowest BCUT2D eigenvalue weighted by Crippen LogP contribution is -2.29. The van der Waals surface area contributed by atoms with Crippen molar-refractivity contribution in [1.29, 1.82) is 0 Å². The minimum absolute atomic E-state index is 0.105. The number of pyridine rings is 1. The molecule has 1 amide bonds. The van der Waals surface area contributed by atoms with Crippen LogP contribution in [0, 0.1) is 13.8 Å². The number of hydrogen-bond acceptors (Lipinski definition) is 5. The molecule has 41 heavy (non-hydrogen) atoms. The third-order valence-corrected chi connectivity index (χ3v) is 7.63. The molecule has 1 aliphatic heterocycles. The molecule has 0 bridgehead atoms. The van der Waals surface area contributed by atoms with Crippen molar-refractivity contribution in [2.45, 2.75) is 39.3 Å². The number of amides is 1. The first-order valence-corrected chi connectivity index (χ1v) is 13.7. The molecule has 2 aromatic carbocycles. The van der Waals surface area contributed by atoms with E-state index in [2.05, 4.69) is 31.2 Å². The second kappa shape index (κ2) is 11.4. The van der Waals surface area contributed by atoms with Crippen LogP contribution >= 0.6 is 12.2 Å². The molecule has 2 unspecified atom stereocenters. The van der Waals surface area contributed by atoms with Gasteiger partial charge in [0.15, 0.2) is 5.11 Å². The molecule has 5 rings (SSSR count). The predicted molar refractivity (Wildman–Crippen MR) is 162 cm³/mol. The van der Waals surface area contributed by atoms with Gasteiger partial charge in [-0.25, -0.2) is 4.79 Å². The molecule has 0 radical (unpaired) electrons. The van der Waals surface area contributed by atoms with Crippen molar-refractivity contribution in [3.8, 4) is 11.4 Å². The quantitative estimate of drug-likeness (QED) is 0.231. The summed E-state index contributed by atoms with van der Waals surface area (Å²) in [6.07, 6.45) is 2.12. The van der Waals surface area contributed by atoms with E-state index < -0.39 is 5.97 Å². The van der Waals surface area contributed by atoms with Gasteiger partial charge in [-0.3, -0.25) is 9.78 Å². The number of methoxy groups -OCH3 is 1. The lowest BCUT2D eigenvalue weighted by atomic mass is 9.96. The Bertz CT molecular complexity index is 1620. The topological polar surface area (TPSA) is 109 Å². The van der Waals surface area contributed by atoms with Crippen LogP contribution in [0.5, 0.6) is 5.75 Å². The number of carboxylic acid groups (broad SMARTS) is 1. The number of aromatic carboxylic acids is 1. The number of carboxylic acids is 1. The average molecular weight is 570 g/mol. The van der Waals surface area contributed by atoms with E-state index in [1.54, 1.807) is 32.4 Å². The molecular formula is C31H31N5O4S. The summed E-state index contributed by atoms with van der Waals surface area (Å²) >= 11 is 5.91. The fraction of sp³-hybridized carbons (Fsp3) is 0.226. The van der Waals surface area contributed by atoms with Crippen LogP contribution in [0.25, 0.3) is 5.69 Å². The molecule has 1 saturated heterocycles. The molecule has 1 aliphatic rings. The van der Waals surface area contributed by atoms with Crippen molar-refractivity contribution in [2.75, 3.05) is 17.3 Å². The van der Waals surface area contributed by atoms with E-state index in [0.717, 1.165) is 34.0 Å². The Hall–Kier alpha value is -4.70. The maximum atomic E-state index is 12.1. The van der Waals surface area contributed by atoms with Crippen LogP contribution in [0.4, 0.5) is 11.4 Å². The molecule has 210 valence electrons. The van der Waals surface area contributed by atoms with Crippen LogP contribution in [0.1, 0.15) is 58.4 Å². The number of anilines is 2. The summed E-state index contributed by atoms with van der Waals surface area (Å²) in [7, 11) is 1.57. The minimum atomic E-state index is -0.965. The first kappa shape index (κ1) is 27.9. The fourth-order valence-corrected chi connectivity index (χ4v) is 5.70. The Balaban J connectivity index is 1.63. The number of aryl methyl sites for hydroxylation is 1. The van der Waals surface area contributed by atoms with Gasteiger partial charge in [0.2, 0.25) is 5.91 Å². The SMILES string of the molecule is CCC(=O)Nc1ccc(N2C(=S)NC(c3ccccn3)C2c2cc(C)n(-c3ccc(C(=O)O)cc3)c2C)cc1OC. The zero-order valence-electron chi connectivity index (χ0n) is 23.2. The van der Waals surface area contributed by atoms with Gasteiger partial charge in [0.05, 0.1) is 36.1 Å². The number of ether oxygens (including phenoxy) is 1. The summed E-state index contributed by atoms with van der Waals surface area (Å²) in [6.45, 7) is 5.87. The molecule has 0 saturated carbocycles. The van der Waals surface area contributed by atoms with Crippen molar-refractivity contribution >= 4 is 40.6 Å². The van der Waals surface area contributed by atoms with Crippen molar-refractivity contribution < 1.29 is 19.4 Å². The van der Waals surface area contributed by atoms with Crippen LogP contribution in [0.3, 0.4) is 0 Å². The van der Waals surface area contributed by atoms with Gasteiger partial charge in [-0.1, -0.05) is 13.0 Å². The number of nitrogens with zero attached hydrogens (tertiary/aromatic N) is 3. The Morgan fingerprint density at radius 1 is 1.07 bits per heavy atom. The first-order chi connectivity index (χ1) is 19.7. The number of hydrogen-bond donors (Lipinski definition) is 3. The van der Waals surface area contributed by atoms with Gasteiger partial charge < -0.3 is 29.9 Å². The van der Waals surface area contributed by atoms with Gasteiger partial charge in [-0.15, -0.1) is 0 Å². The lowest BCUT2D eigenvalue weighted by molar-refractivity contribution is -0.115. The number of benzene rings is 2. The Morgan fingerprint density at radius 2 is 1.80 bits per heavy atom.